The summed E-state index contributed by atoms with van der Waals surface area (Å²) in [5.41, 5.74) is 2.62. The molecule has 0 amide bonds. The van der Waals surface area contributed by atoms with Gasteiger partial charge in [-0.2, -0.15) is 0 Å². The molecule has 0 aliphatic carbocycles. The van der Waals surface area contributed by atoms with Crippen LogP contribution >= 0.6 is 27.5 Å². The highest BCUT2D eigenvalue weighted by Crippen LogP contribution is 2.26. The Hall–Kier alpha value is -0.900. The molecule has 0 aliphatic rings. The van der Waals surface area contributed by atoms with Crippen LogP contribution in [0.25, 0.3) is 0 Å². The zero-order valence-electron chi connectivity index (χ0n) is 10.3. The highest BCUT2D eigenvalue weighted by molar-refractivity contribution is 9.10. The predicted molar refractivity (Wildman–Crippen MR) is 79.0 cm³/mol. The summed E-state index contributed by atoms with van der Waals surface area (Å²) in [5.74, 6) is -0.302. The molecule has 1 N–H and O–H groups in total. The molecule has 1 atom stereocenters. The molecular formula is C15H13BrClFO. The van der Waals surface area contributed by atoms with Crippen LogP contribution in [0.1, 0.15) is 22.8 Å². The Kier molecular flexibility index (Phi) is 4.61. The summed E-state index contributed by atoms with van der Waals surface area (Å²) in [6, 6.07) is 9.93. The van der Waals surface area contributed by atoms with Crippen molar-refractivity contribution in [1.29, 1.82) is 0 Å². The van der Waals surface area contributed by atoms with E-state index in [1.165, 1.54) is 12.1 Å². The third-order valence-corrected chi connectivity index (χ3v) is 3.83. The number of aryl methyl sites for hydroxylation is 1. The van der Waals surface area contributed by atoms with Gasteiger partial charge in [-0.1, -0.05) is 39.7 Å². The minimum absolute atomic E-state index is 0.302. The summed E-state index contributed by atoms with van der Waals surface area (Å²) >= 11 is 9.28. The summed E-state index contributed by atoms with van der Waals surface area (Å²) < 4.78 is 13.7. The molecule has 2 aromatic carbocycles. The molecule has 19 heavy (non-hydrogen) atoms. The van der Waals surface area contributed by atoms with Gasteiger partial charge >= 0.3 is 0 Å². The van der Waals surface area contributed by atoms with Crippen molar-refractivity contribution in [3.05, 3.63) is 68.4 Å². The quantitative estimate of drug-likeness (QED) is 0.846. The van der Waals surface area contributed by atoms with Gasteiger partial charge in [0.05, 0.1) is 6.10 Å². The maximum absolute atomic E-state index is 13.0. The molecule has 2 rings (SSSR count). The first-order valence-corrected chi connectivity index (χ1v) is 7.02. The molecule has 0 bridgehead atoms. The van der Waals surface area contributed by atoms with Crippen molar-refractivity contribution in [2.24, 2.45) is 0 Å². The average Bonchev–Trinajstić information content (AvgIpc) is 2.31. The Labute approximate surface area is 125 Å². The van der Waals surface area contributed by atoms with Crippen molar-refractivity contribution < 1.29 is 9.50 Å². The molecule has 100 valence electrons. The topological polar surface area (TPSA) is 20.2 Å². The van der Waals surface area contributed by atoms with Crippen LogP contribution in [-0.2, 0) is 6.42 Å². The van der Waals surface area contributed by atoms with E-state index < -0.39 is 6.10 Å². The Morgan fingerprint density at radius 2 is 2.00 bits per heavy atom. The van der Waals surface area contributed by atoms with Gasteiger partial charge in [-0.25, -0.2) is 4.39 Å². The Morgan fingerprint density at radius 1 is 1.26 bits per heavy atom. The first kappa shape index (κ1) is 14.5. The highest BCUT2D eigenvalue weighted by Gasteiger charge is 2.12. The second-order valence-corrected chi connectivity index (χ2v) is 5.81. The maximum Gasteiger partial charge on any atom is 0.124 e. The Bertz CT molecular complexity index is 580. The van der Waals surface area contributed by atoms with Crippen LogP contribution in [0.3, 0.4) is 0 Å². The predicted octanol–water partition coefficient (Wildman–Crippen LogP) is 4.83. The summed E-state index contributed by atoms with van der Waals surface area (Å²) in [6.45, 7) is 1.93. The van der Waals surface area contributed by atoms with Crippen molar-refractivity contribution >= 4 is 27.5 Å². The normalized spacial score (nSPS) is 12.5. The van der Waals surface area contributed by atoms with Crippen LogP contribution in [-0.4, -0.2) is 5.11 Å². The molecule has 0 aliphatic heterocycles. The number of benzene rings is 2. The molecule has 1 nitrogen and oxygen atoms in total. The fourth-order valence-electron chi connectivity index (χ4n) is 1.97. The number of rotatable bonds is 3. The van der Waals surface area contributed by atoms with E-state index in [4.69, 9.17) is 11.6 Å². The largest absolute Gasteiger partial charge is 0.388 e. The molecule has 0 heterocycles. The highest BCUT2D eigenvalue weighted by atomic mass is 79.9. The van der Waals surface area contributed by atoms with E-state index in [0.29, 0.717) is 15.9 Å². The number of hydrogen-bond acceptors (Lipinski definition) is 1. The van der Waals surface area contributed by atoms with Crippen molar-refractivity contribution in [1.82, 2.24) is 0 Å². The van der Waals surface area contributed by atoms with Gasteiger partial charge in [-0.15, -0.1) is 0 Å². The molecule has 0 saturated heterocycles. The lowest BCUT2D eigenvalue weighted by Crippen LogP contribution is -2.03. The number of halogens is 3. The fourth-order valence-corrected chi connectivity index (χ4v) is 2.78. The second-order valence-electron chi connectivity index (χ2n) is 4.52. The summed E-state index contributed by atoms with van der Waals surface area (Å²) in [5, 5.41) is 10.8. The van der Waals surface area contributed by atoms with Crippen LogP contribution in [0.15, 0.2) is 40.9 Å². The van der Waals surface area contributed by atoms with E-state index in [0.717, 1.165) is 16.7 Å². The minimum atomic E-state index is -0.667. The summed E-state index contributed by atoms with van der Waals surface area (Å²) in [6.07, 6.45) is -0.264. The van der Waals surface area contributed by atoms with Gasteiger partial charge < -0.3 is 5.11 Å². The van der Waals surface area contributed by atoms with Crippen molar-refractivity contribution in [3.63, 3.8) is 0 Å². The van der Waals surface area contributed by atoms with Crippen LogP contribution < -0.4 is 0 Å². The van der Waals surface area contributed by atoms with Crippen molar-refractivity contribution in [3.8, 4) is 0 Å². The molecule has 0 fully saturated rings. The molecule has 0 radical (unpaired) electrons. The van der Waals surface area contributed by atoms with Gasteiger partial charge in [0.15, 0.2) is 0 Å². The van der Waals surface area contributed by atoms with E-state index >= 15 is 0 Å². The molecule has 0 spiro atoms. The van der Waals surface area contributed by atoms with Gasteiger partial charge in [0.25, 0.3) is 0 Å². The lowest BCUT2D eigenvalue weighted by atomic mass is 10.00. The molecule has 1 unspecified atom stereocenters. The fraction of sp³-hybridized carbons (Fsp3) is 0.200. The van der Waals surface area contributed by atoms with Gasteiger partial charge in [0.1, 0.15) is 5.82 Å². The summed E-state index contributed by atoms with van der Waals surface area (Å²) in [4.78, 5) is 0. The van der Waals surface area contributed by atoms with Gasteiger partial charge in [-0.3, -0.25) is 0 Å². The number of hydrogen-bond donors (Lipinski definition) is 1. The summed E-state index contributed by atoms with van der Waals surface area (Å²) in [7, 11) is 0. The minimum Gasteiger partial charge on any atom is -0.388 e. The first-order valence-electron chi connectivity index (χ1n) is 5.85. The molecule has 0 aromatic heterocycles. The smallest absolute Gasteiger partial charge is 0.124 e. The van der Waals surface area contributed by atoms with Crippen LogP contribution in [0.2, 0.25) is 5.02 Å². The zero-order chi connectivity index (χ0) is 14.0. The second kappa shape index (κ2) is 6.04. The van der Waals surface area contributed by atoms with Gasteiger partial charge in [0.2, 0.25) is 0 Å². The first-order chi connectivity index (χ1) is 8.95. The van der Waals surface area contributed by atoms with Crippen LogP contribution in [0, 0.1) is 12.7 Å². The standard InChI is InChI=1S/C15H13BrClFO/c1-9-4-11(6-12(17)5-9)15(19)7-10-2-3-13(18)8-14(10)16/h2-6,8,15,19H,7H2,1H3. The van der Waals surface area contributed by atoms with E-state index in [1.807, 2.05) is 19.1 Å². The molecule has 0 saturated carbocycles. The van der Waals surface area contributed by atoms with E-state index in [-0.39, 0.29) is 5.82 Å². The molecule has 4 heteroatoms. The van der Waals surface area contributed by atoms with Crippen molar-refractivity contribution in [2.45, 2.75) is 19.4 Å². The van der Waals surface area contributed by atoms with E-state index in [2.05, 4.69) is 15.9 Å². The molecule has 2 aromatic rings. The molecular weight excluding hydrogens is 331 g/mol. The number of aliphatic hydroxyl groups is 1. The van der Waals surface area contributed by atoms with Gasteiger partial charge in [-0.05, 0) is 47.9 Å². The lowest BCUT2D eigenvalue weighted by Gasteiger charge is -2.13. The van der Waals surface area contributed by atoms with E-state index in [1.54, 1.807) is 12.1 Å². The maximum atomic E-state index is 13.0. The van der Waals surface area contributed by atoms with Crippen LogP contribution in [0.4, 0.5) is 4.39 Å². The van der Waals surface area contributed by atoms with Crippen molar-refractivity contribution in [2.75, 3.05) is 0 Å². The SMILES string of the molecule is Cc1cc(Cl)cc(C(O)Cc2ccc(F)cc2Br)c1. The van der Waals surface area contributed by atoms with Crippen LogP contribution in [0.5, 0.6) is 0 Å². The lowest BCUT2D eigenvalue weighted by molar-refractivity contribution is 0.178. The Morgan fingerprint density at radius 3 is 2.63 bits per heavy atom. The third-order valence-electron chi connectivity index (χ3n) is 2.88. The third kappa shape index (κ3) is 3.78. The van der Waals surface area contributed by atoms with E-state index in [9.17, 15) is 9.50 Å². The monoisotopic (exact) mass is 342 g/mol. The zero-order valence-corrected chi connectivity index (χ0v) is 12.7. The average molecular weight is 344 g/mol. The number of aliphatic hydroxyl groups excluding tert-OH is 1. The Balaban J connectivity index is 2.22. The van der Waals surface area contributed by atoms with Gasteiger partial charge in [0, 0.05) is 15.9 Å².